The highest BCUT2D eigenvalue weighted by molar-refractivity contribution is 5.85. The van der Waals surface area contributed by atoms with Gasteiger partial charge >= 0.3 is 5.97 Å². The summed E-state index contributed by atoms with van der Waals surface area (Å²) >= 11 is 0. The predicted molar refractivity (Wildman–Crippen MR) is 169 cm³/mol. The third-order valence-electron chi connectivity index (χ3n) is 7.90. The second-order valence-electron chi connectivity index (χ2n) is 12.2. The first-order valence-corrected chi connectivity index (χ1v) is 14.5. The molecule has 7 heteroatoms. The van der Waals surface area contributed by atoms with Crippen LogP contribution in [0.25, 0.3) is 10.9 Å². The van der Waals surface area contributed by atoms with Crippen molar-refractivity contribution in [1.29, 1.82) is 0 Å². The molecule has 3 aromatic carbocycles. The Balaban J connectivity index is 1.63. The molecule has 0 aliphatic heterocycles. The molecular weight excluding hydrogens is 526 g/mol. The number of carbonyl (C=O) groups is 1. The highest BCUT2D eigenvalue weighted by Gasteiger charge is 2.32. The standard InChI is InChI=1S/C35H45N3O4/c1-23-17-24(2)33(31(18-23)42-34(40)29(36)19-25-11-9-8-10-12-25)35(3,4)21-32(39)38-22-26(15-16-37(5)6)28-20-27(41-7)13-14-30(28)38/h8-14,17-18,20,22,29,32,39H,15-16,19,21,36H2,1-7H3. The van der Waals surface area contributed by atoms with E-state index in [-0.39, 0.29) is 0 Å². The minimum atomic E-state index is -0.811. The number of aryl methyl sites for hydroxylation is 2. The SMILES string of the molecule is COc1ccc2c(c1)c(CCN(C)C)cn2C(O)CC(C)(C)c1c(C)cc(C)cc1OC(=O)C(N)Cc1ccccc1. The van der Waals surface area contributed by atoms with Gasteiger partial charge in [-0.15, -0.1) is 0 Å². The van der Waals surface area contributed by atoms with Gasteiger partial charge in [0.15, 0.2) is 0 Å². The van der Waals surface area contributed by atoms with E-state index in [4.69, 9.17) is 15.2 Å². The summed E-state index contributed by atoms with van der Waals surface area (Å²) in [7, 11) is 5.78. The number of carbonyl (C=O) groups excluding carboxylic acids is 1. The largest absolute Gasteiger partial charge is 0.497 e. The number of likely N-dealkylation sites (N-methyl/N-ethyl adjacent to an activating group) is 1. The van der Waals surface area contributed by atoms with E-state index in [1.807, 2.05) is 73.0 Å². The molecule has 0 fully saturated rings. The highest BCUT2D eigenvalue weighted by Crippen LogP contribution is 2.41. The van der Waals surface area contributed by atoms with Gasteiger partial charge in [-0.25, -0.2) is 4.79 Å². The normalized spacial score (nSPS) is 13.4. The predicted octanol–water partition coefficient (Wildman–Crippen LogP) is 5.71. The van der Waals surface area contributed by atoms with E-state index in [1.54, 1.807) is 7.11 Å². The number of nitrogens with zero attached hydrogens (tertiary/aromatic N) is 2. The van der Waals surface area contributed by atoms with Crippen LogP contribution >= 0.6 is 0 Å². The van der Waals surface area contributed by atoms with Crippen molar-refractivity contribution in [3.8, 4) is 11.5 Å². The van der Waals surface area contributed by atoms with Crippen molar-refractivity contribution in [3.63, 3.8) is 0 Å². The molecule has 4 aromatic rings. The molecule has 4 rings (SSSR count). The lowest BCUT2D eigenvalue weighted by atomic mass is 9.77. The van der Waals surface area contributed by atoms with Gasteiger partial charge in [-0.05, 0) is 92.7 Å². The number of benzene rings is 3. The number of methoxy groups -OCH3 is 1. The number of hydrogen-bond donors (Lipinski definition) is 2. The Hall–Kier alpha value is -3.65. The van der Waals surface area contributed by atoms with E-state index in [0.717, 1.165) is 57.4 Å². The van der Waals surface area contributed by atoms with Gasteiger partial charge in [-0.1, -0.05) is 50.2 Å². The Labute approximate surface area is 249 Å². The molecule has 2 atom stereocenters. The smallest absolute Gasteiger partial charge is 0.328 e. The third-order valence-corrected chi connectivity index (χ3v) is 7.90. The second-order valence-corrected chi connectivity index (χ2v) is 12.2. The number of esters is 1. The molecule has 0 spiro atoms. The Morgan fingerprint density at radius 1 is 1.07 bits per heavy atom. The number of aliphatic hydroxyl groups is 1. The lowest BCUT2D eigenvalue weighted by Gasteiger charge is -2.32. The minimum absolute atomic E-state index is 0.392. The number of aromatic nitrogens is 1. The van der Waals surface area contributed by atoms with Crippen molar-refractivity contribution in [2.45, 2.75) is 64.6 Å². The maximum Gasteiger partial charge on any atom is 0.328 e. The molecule has 1 aromatic heterocycles. The molecule has 0 saturated heterocycles. The van der Waals surface area contributed by atoms with E-state index in [0.29, 0.717) is 18.6 Å². The zero-order valence-electron chi connectivity index (χ0n) is 26.0. The summed E-state index contributed by atoms with van der Waals surface area (Å²) in [5.74, 6) is 0.803. The van der Waals surface area contributed by atoms with Gasteiger partial charge in [0.05, 0.1) is 12.6 Å². The summed E-state index contributed by atoms with van der Waals surface area (Å²) in [4.78, 5) is 15.3. The average molecular weight is 572 g/mol. The van der Waals surface area contributed by atoms with E-state index in [1.165, 1.54) is 0 Å². The van der Waals surface area contributed by atoms with E-state index in [2.05, 4.69) is 45.1 Å². The van der Waals surface area contributed by atoms with Crippen molar-refractivity contribution in [3.05, 3.63) is 94.7 Å². The van der Waals surface area contributed by atoms with Crippen LogP contribution in [0.4, 0.5) is 0 Å². The van der Waals surface area contributed by atoms with Crippen LogP contribution in [0.2, 0.25) is 0 Å². The fraction of sp³-hybridized carbons (Fsp3) is 0.400. The zero-order chi connectivity index (χ0) is 30.6. The van der Waals surface area contributed by atoms with E-state index in [9.17, 15) is 9.90 Å². The Bertz CT molecular complexity index is 1520. The van der Waals surface area contributed by atoms with Crippen LogP contribution in [-0.4, -0.2) is 54.3 Å². The van der Waals surface area contributed by atoms with E-state index < -0.39 is 23.7 Å². The van der Waals surface area contributed by atoms with E-state index >= 15 is 0 Å². The molecule has 0 radical (unpaired) electrons. The summed E-state index contributed by atoms with van der Waals surface area (Å²) in [6.45, 7) is 9.05. The molecule has 7 nitrogen and oxygen atoms in total. The summed E-state index contributed by atoms with van der Waals surface area (Å²) < 4.78 is 13.4. The summed E-state index contributed by atoms with van der Waals surface area (Å²) in [5.41, 5.74) is 11.7. The molecule has 0 saturated carbocycles. The fourth-order valence-electron chi connectivity index (χ4n) is 5.89. The summed E-state index contributed by atoms with van der Waals surface area (Å²) in [6.07, 6.45) is 2.89. The van der Waals surface area contributed by atoms with Crippen LogP contribution in [0.15, 0.2) is 66.9 Å². The van der Waals surface area contributed by atoms with Crippen molar-refractivity contribution < 1.29 is 19.4 Å². The number of nitrogens with two attached hydrogens (primary N) is 1. The van der Waals surface area contributed by atoms with Crippen LogP contribution in [0.3, 0.4) is 0 Å². The molecule has 1 heterocycles. The molecule has 0 amide bonds. The lowest BCUT2D eigenvalue weighted by molar-refractivity contribution is -0.135. The van der Waals surface area contributed by atoms with Crippen LogP contribution in [0.1, 0.15) is 54.3 Å². The average Bonchev–Trinajstić information content (AvgIpc) is 3.29. The maximum atomic E-state index is 13.2. The van der Waals surface area contributed by atoms with Crippen LogP contribution in [0, 0.1) is 13.8 Å². The molecule has 0 aliphatic carbocycles. The second kappa shape index (κ2) is 13.1. The van der Waals surface area contributed by atoms with Crippen LogP contribution in [0.5, 0.6) is 11.5 Å². The molecule has 224 valence electrons. The number of aliphatic hydroxyl groups excluding tert-OH is 1. The first kappa shape index (κ1) is 31.3. The summed E-state index contributed by atoms with van der Waals surface area (Å²) in [5, 5.41) is 12.8. The van der Waals surface area contributed by atoms with Gasteiger partial charge < -0.3 is 29.8 Å². The Morgan fingerprint density at radius 3 is 2.45 bits per heavy atom. The lowest BCUT2D eigenvalue weighted by Crippen LogP contribution is -2.37. The maximum absolute atomic E-state index is 13.2. The van der Waals surface area contributed by atoms with Crippen molar-refractivity contribution >= 4 is 16.9 Å². The van der Waals surface area contributed by atoms with Gasteiger partial charge in [-0.3, -0.25) is 0 Å². The van der Waals surface area contributed by atoms with Gasteiger partial charge in [0, 0.05) is 30.1 Å². The van der Waals surface area contributed by atoms with Gasteiger partial charge in [0.25, 0.3) is 0 Å². The number of fused-ring (bicyclic) bond motifs is 1. The third kappa shape index (κ3) is 7.21. The molecular formula is C35H45N3O4. The number of rotatable bonds is 12. The van der Waals surface area contributed by atoms with Crippen molar-refractivity contribution in [2.24, 2.45) is 5.73 Å². The van der Waals surface area contributed by atoms with Gasteiger partial charge in [0.2, 0.25) is 0 Å². The monoisotopic (exact) mass is 571 g/mol. The Kier molecular flexibility index (Phi) is 9.77. The van der Waals surface area contributed by atoms with Crippen LogP contribution < -0.4 is 15.2 Å². The van der Waals surface area contributed by atoms with Gasteiger partial charge in [-0.2, -0.15) is 0 Å². The number of hydrogen-bond acceptors (Lipinski definition) is 6. The molecule has 3 N–H and O–H groups in total. The topological polar surface area (TPSA) is 90.0 Å². The van der Waals surface area contributed by atoms with Crippen LogP contribution in [-0.2, 0) is 23.1 Å². The first-order chi connectivity index (χ1) is 19.9. The molecule has 0 bridgehead atoms. The van der Waals surface area contributed by atoms with Crippen molar-refractivity contribution in [2.75, 3.05) is 27.7 Å². The first-order valence-electron chi connectivity index (χ1n) is 14.5. The fourth-order valence-corrected chi connectivity index (χ4v) is 5.89. The molecule has 42 heavy (non-hydrogen) atoms. The molecule has 2 unspecified atom stereocenters. The Morgan fingerprint density at radius 2 is 1.79 bits per heavy atom. The minimum Gasteiger partial charge on any atom is -0.497 e. The van der Waals surface area contributed by atoms with Crippen molar-refractivity contribution in [1.82, 2.24) is 9.47 Å². The summed E-state index contributed by atoms with van der Waals surface area (Å²) in [6, 6.07) is 18.8. The quantitative estimate of drug-likeness (QED) is 0.167. The highest BCUT2D eigenvalue weighted by atomic mass is 16.5. The molecule has 0 aliphatic rings. The zero-order valence-corrected chi connectivity index (χ0v) is 26.0. The number of ether oxygens (including phenoxy) is 2. The van der Waals surface area contributed by atoms with Gasteiger partial charge in [0.1, 0.15) is 23.8 Å².